The average molecular weight is 297 g/mol. The van der Waals surface area contributed by atoms with Gasteiger partial charge in [0.1, 0.15) is 11.3 Å². The smallest absolute Gasteiger partial charge is 0.160 e. The SMILES string of the molecule is CC(Cl)c1nc2cccnc2n1Cc1ccc(C#N)cc1. The van der Waals surface area contributed by atoms with Crippen LogP contribution in [0, 0.1) is 11.3 Å². The van der Waals surface area contributed by atoms with Gasteiger partial charge in [-0.2, -0.15) is 5.26 Å². The Balaban J connectivity index is 2.06. The minimum atomic E-state index is -0.197. The second-order valence-corrected chi connectivity index (χ2v) is 5.48. The average Bonchev–Trinajstić information content (AvgIpc) is 2.87. The van der Waals surface area contributed by atoms with E-state index >= 15 is 0 Å². The van der Waals surface area contributed by atoms with Crippen LogP contribution in [0.1, 0.15) is 29.3 Å². The van der Waals surface area contributed by atoms with Crippen molar-refractivity contribution in [2.75, 3.05) is 0 Å². The quantitative estimate of drug-likeness (QED) is 0.693. The number of benzene rings is 1. The van der Waals surface area contributed by atoms with Crippen LogP contribution in [-0.4, -0.2) is 14.5 Å². The van der Waals surface area contributed by atoms with Gasteiger partial charge in [0.05, 0.1) is 23.6 Å². The minimum absolute atomic E-state index is 0.197. The molecule has 0 aliphatic rings. The fraction of sp³-hybridized carbons (Fsp3) is 0.188. The Morgan fingerprint density at radius 3 is 2.71 bits per heavy atom. The first kappa shape index (κ1) is 13.6. The fourth-order valence-corrected chi connectivity index (χ4v) is 2.47. The van der Waals surface area contributed by atoms with E-state index in [1.807, 2.05) is 47.9 Å². The number of nitriles is 1. The molecule has 3 aromatic rings. The Kier molecular flexibility index (Phi) is 3.59. The van der Waals surface area contributed by atoms with Gasteiger partial charge in [0.2, 0.25) is 0 Å². The number of nitrogens with zero attached hydrogens (tertiary/aromatic N) is 4. The van der Waals surface area contributed by atoms with E-state index in [0.29, 0.717) is 12.1 Å². The second kappa shape index (κ2) is 5.55. The van der Waals surface area contributed by atoms with E-state index in [0.717, 1.165) is 22.6 Å². The number of imidazole rings is 1. The number of halogens is 1. The Morgan fingerprint density at radius 1 is 1.29 bits per heavy atom. The first-order chi connectivity index (χ1) is 10.2. The van der Waals surface area contributed by atoms with E-state index in [1.165, 1.54) is 0 Å². The van der Waals surface area contributed by atoms with Crippen LogP contribution in [0.4, 0.5) is 0 Å². The van der Waals surface area contributed by atoms with Crippen molar-refractivity contribution >= 4 is 22.8 Å². The van der Waals surface area contributed by atoms with Gasteiger partial charge in [-0.25, -0.2) is 9.97 Å². The number of aromatic nitrogens is 3. The largest absolute Gasteiger partial charge is 0.307 e. The molecular weight excluding hydrogens is 284 g/mol. The summed E-state index contributed by atoms with van der Waals surface area (Å²) in [4.78, 5) is 8.96. The molecule has 3 rings (SSSR count). The zero-order valence-electron chi connectivity index (χ0n) is 11.5. The lowest BCUT2D eigenvalue weighted by atomic mass is 10.1. The third-order valence-electron chi connectivity index (χ3n) is 3.31. The molecule has 2 heterocycles. The van der Waals surface area contributed by atoms with E-state index in [4.69, 9.17) is 16.9 Å². The molecule has 0 amide bonds. The normalized spacial score (nSPS) is 12.2. The third-order valence-corrected chi connectivity index (χ3v) is 3.51. The highest BCUT2D eigenvalue weighted by molar-refractivity contribution is 6.20. The molecule has 104 valence electrons. The van der Waals surface area contributed by atoms with Crippen LogP contribution in [0.3, 0.4) is 0 Å². The summed E-state index contributed by atoms with van der Waals surface area (Å²) in [5, 5.41) is 8.65. The number of fused-ring (bicyclic) bond motifs is 1. The van der Waals surface area contributed by atoms with Gasteiger partial charge in [0.15, 0.2) is 5.65 Å². The Hall–Kier alpha value is -2.38. The van der Waals surface area contributed by atoms with Gasteiger partial charge < -0.3 is 4.57 Å². The van der Waals surface area contributed by atoms with Crippen molar-refractivity contribution in [3.8, 4) is 6.07 Å². The molecule has 0 aliphatic heterocycles. The highest BCUT2D eigenvalue weighted by Crippen LogP contribution is 2.24. The van der Waals surface area contributed by atoms with E-state index in [2.05, 4.69) is 16.0 Å². The van der Waals surface area contributed by atoms with Crippen LogP contribution < -0.4 is 0 Å². The van der Waals surface area contributed by atoms with Gasteiger partial charge in [0.25, 0.3) is 0 Å². The van der Waals surface area contributed by atoms with Crippen LogP contribution in [-0.2, 0) is 6.54 Å². The number of hydrogen-bond donors (Lipinski definition) is 0. The van der Waals surface area contributed by atoms with Gasteiger partial charge in [-0.15, -0.1) is 11.6 Å². The van der Waals surface area contributed by atoms with Gasteiger partial charge in [-0.05, 0) is 36.8 Å². The molecule has 0 saturated heterocycles. The molecule has 0 saturated carbocycles. The van der Waals surface area contributed by atoms with Gasteiger partial charge in [-0.3, -0.25) is 0 Å². The van der Waals surface area contributed by atoms with Crippen molar-refractivity contribution in [1.29, 1.82) is 5.26 Å². The highest BCUT2D eigenvalue weighted by atomic mass is 35.5. The van der Waals surface area contributed by atoms with E-state index in [1.54, 1.807) is 6.20 Å². The maximum Gasteiger partial charge on any atom is 0.160 e. The van der Waals surface area contributed by atoms with Crippen molar-refractivity contribution in [2.24, 2.45) is 0 Å². The van der Waals surface area contributed by atoms with Crippen LogP contribution in [0.15, 0.2) is 42.6 Å². The summed E-state index contributed by atoms with van der Waals surface area (Å²) < 4.78 is 2.02. The van der Waals surface area contributed by atoms with Crippen molar-refractivity contribution in [2.45, 2.75) is 18.8 Å². The molecule has 0 radical (unpaired) electrons. The number of alkyl halides is 1. The second-order valence-electron chi connectivity index (χ2n) is 4.83. The predicted molar refractivity (Wildman–Crippen MR) is 82.1 cm³/mol. The predicted octanol–water partition coefficient (Wildman–Crippen LogP) is 3.65. The van der Waals surface area contributed by atoms with Crippen molar-refractivity contribution < 1.29 is 0 Å². The molecule has 21 heavy (non-hydrogen) atoms. The number of hydrogen-bond acceptors (Lipinski definition) is 3. The topological polar surface area (TPSA) is 54.5 Å². The molecule has 1 unspecified atom stereocenters. The summed E-state index contributed by atoms with van der Waals surface area (Å²) >= 11 is 6.24. The summed E-state index contributed by atoms with van der Waals surface area (Å²) in [6.07, 6.45) is 1.75. The molecule has 0 spiro atoms. The van der Waals surface area contributed by atoms with Crippen molar-refractivity contribution in [3.05, 3.63) is 59.5 Å². The van der Waals surface area contributed by atoms with Crippen LogP contribution >= 0.6 is 11.6 Å². The Labute approximate surface area is 127 Å². The van der Waals surface area contributed by atoms with Crippen LogP contribution in [0.25, 0.3) is 11.2 Å². The monoisotopic (exact) mass is 296 g/mol. The summed E-state index contributed by atoms with van der Waals surface area (Å²) in [6.45, 7) is 2.53. The molecule has 0 N–H and O–H groups in total. The zero-order chi connectivity index (χ0) is 14.8. The van der Waals surface area contributed by atoms with Gasteiger partial charge in [-0.1, -0.05) is 12.1 Å². The first-order valence-electron chi connectivity index (χ1n) is 6.63. The zero-order valence-corrected chi connectivity index (χ0v) is 12.2. The number of pyridine rings is 1. The summed E-state index contributed by atoms with van der Waals surface area (Å²) in [7, 11) is 0. The molecule has 1 aromatic carbocycles. The fourth-order valence-electron chi connectivity index (χ4n) is 2.30. The Bertz CT molecular complexity index is 812. The van der Waals surface area contributed by atoms with Crippen molar-refractivity contribution in [1.82, 2.24) is 14.5 Å². The minimum Gasteiger partial charge on any atom is -0.307 e. The lowest BCUT2D eigenvalue weighted by molar-refractivity contribution is 0.736. The maximum absolute atomic E-state index is 8.85. The third kappa shape index (κ3) is 2.61. The lowest BCUT2D eigenvalue weighted by Gasteiger charge is -2.10. The van der Waals surface area contributed by atoms with E-state index in [-0.39, 0.29) is 5.38 Å². The number of rotatable bonds is 3. The molecule has 2 aromatic heterocycles. The highest BCUT2D eigenvalue weighted by Gasteiger charge is 2.15. The summed E-state index contributed by atoms with van der Waals surface area (Å²) in [6, 6.07) is 13.4. The molecule has 5 heteroatoms. The molecule has 0 aliphatic carbocycles. The molecule has 0 fully saturated rings. The summed E-state index contributed by atoms with van der Waals surface area (Å²) in [5.41, 5.74) is 3.40. The molecule has 0 bridgehead atoms. The summed E-state index contributed by atoms with van der Waals surface area (Å²) in [5.74, 6) is 0.801. The van der Waals surface area contributed by atoms with Gasteiger partial charge >= 0.3 is 0 Å². The molecular formula is C16H13ClN4. The maximum atomic E-state index is 8.85. The van der Waals surface area contributed by atoms with Crippen molar-refractivity contribution in [3.63, 3.8) is 0 Å². The first-order valence-corrected chi connectivity index (χ1v) is 7.07. The van der Waals surface area contributed by atoms with Crippen LogP contribution in [0.5, 0.6) is 0 Å². The molecule has 4 nitrogen and oxygen atoms in total. The van der Waals surface area contributed by atoms with Crippen LogP contribution in [0.2, 0.25) is 0 Å². The van der Waals surface area contributed by atoms with E-state index < -0.39 is 0 Å². The molecule has 1 atom stereocenters. The Morgan fingerprint density at radius 2 is 2.05 bits per heavy atom. The standard InChI is InChI=1S/C16H13ClN4/c1-11(17)15-20-14-3-2-8-19-16(14)21(15)10-13-6-4-12(9-18)5-7-13/h2-8,11H,10H2,1H3. The lowest BCUT2D eigenvalue weighted by Crippen LogP contribution is -2.06. The van der Waals surface area contributed by atoms with E-state index in [9.17, 15) is 0 Å². The van der Waals surface area contributed by atoms with Gasteiger partial charge in [0, 0.05) is 6.20 Å².